The van der Waals surface area contributed by atoms with Gasteiger partial charge < -0.3 is 10.1 Å². The largest absolute Gasteiger partial charge is 0.497 e. The quantitative estimate of drug-likeness (QED) is 0.622. The van der Waals surface area contributed by atoms with Crippen molar-refractivity contribution in [3.8, 4) is 5.75 Å². The number of nitrogens with one attached hydrogen (secondary N) is 2. The first-order valence-electron chi connectivity index (χ1n) is 8.99. The second-order valence-electron chi connectivity index (χ2n) is 6.48. The summed E-state index contributed by atoms with van der Waals surface area (Å²) in [4.78, 5) is 12.6. The van der Waals surface area contributed by atoms with Crippen molar-refractivity contribution in [2.45, 2.75) is 18.4 Å². The zero-order chi connectivity index (χ0) is 20.9. The maximum Gasteiger partial charge on any atom is 0.261 e. The van der Waals surface area contributed by atoms with Crippen molar-refractivity contribution in [1.29, 1.82) is 0 Å². The molecule has 0 fully saturated rings. The first-order chi connectivity index (χ1) is 13.9. The van der Waals surface area contributed by atoms with Gasteiger partial charge in [0, 0.05) is 12.1 Å². The molecule has 0 unspecified atom stereocenters. The van der Waals surface area contributed by atoms with Crippen LogP contribution in [0.2, 0.25) is 0 Å². The van der Waals surface area contributed by atoms with Crippen LogP contribution in [0.4, 0.5) is 5.69 Å². The van der Waals surface area contributed by atoms with Gasteiger partial charge in [-0.05, 0) is 60.5 Å². The molecule has 0 aliphatic heterocycles. The van der Waals surface area contributed by atoms with Crippen LogP contribution in [0.3, 0.4) is 0 Å². The van der Waals surface area contributed by atoms with Gasteiger partial charge in [-0.25, -0.2) is 8.42 Å². The van der Waals surface area contributed by atoms with E-state index in [0.717, 1.165) is 11.3 Å². The Morgan fingerprint density at radius 2 is 1.66 bits per heavy atom. The molecule has 0 spiro atoms. The van der Waals surface area contributed by atoms with Gasteiger partial charge in [0.25, 0.3) is 15.9 Å². The predicted molar refractivity (Wildman–Crippen MR) is 113 cm³/mol. The number of ether oxygens (including phenoxy) is 1. The van der Waals surface area contributed by atoms with Gasteiger partial charge in [0.1, 0.15) is 5.75 Å². The third-order valence-corrected chi connectivity index (χ3v) is 5.78. The van der Waals surface area contributed by atoms with E-state index >= 15 is 0 Å². The Bertz CT molecular complexity index is 1100. The van der Waals surface area contributed by atoms with Crippen molar-refractivity contribution < 1.29 is 17.9 Å². The third-order valence-electron chi connectivity index (χ3n) is 4.40. The Morgan fingerprint density at radius 3 is 2.28 bits per heavy atom. The number of carbonyl (C=O) groups is 1. The van der Waals surface area contributed by atoms with Crippen LogP contribution in [-0.4, -0.2) is 21.4 Å². The molecule has 0 aromatic heterocycles. The molecule has 3 aromatic carbocycles. The lowest BCUT2D eigenvalue weighted by Crippen LogP contribution is -2.23. The Kier molecular flexibility index (Phi) is 6.19. The van der Waals surface area contributed by atoms with E-state index in [2.05, 4.69) is 10.0 Å². The molecule has 29 heavy (non-hydrogen) atoms. The first kappa shape index (κ1) is 20.4. The molecule has 6 nitrogen and oxygen atoms in total. The normalized spacial score (nSPS) is 11.0. The van der Waals surface area contributed by atoms with E-state index < -0.39 is 10.0 Å². The van der Waals surface area contributed by atoms with E-state index in [1.165, 1.54) is 12.1 Å². The highest BCUT2D eigenvalue weighted by Gasteiger charge is 2.15. The molecule has 3 aromatic rings. The van der Waals surface area contributed by atoms with Crippen molar-refractivity contribution >= 4 is 21.6 Å². The molecule has 0 heterocycles. The van der Waals surface area contributed by atoms with E-state index in [9.17, 15) is 13.2 Å². The topological polar surface area (TPSA) is 84.5 Å². The van der Waals surface area contributed by atoms with Crippen LogP contribution in [0.15, 0.2) is 77.7 Å². The van der Waals surface area contributed by atoms with Crippen molar-refractivity contribution in [1.82, 2.24) is 5.32 Å². The maximum absolute atomic E-state index is 12.5. The molecule has 150 valence electrons. The molecular formula is C22H22N2O4S. The van der Waals surface area contributed by atoms with Crippen molar-refractivity contribution in [2.24, 2.45) is 0 Å². The molecule has 0 aliphatic rings. The zero-order valence-electron chi connectivity index (χ0n) is 16.2. The molecule has 7 heteroatoms. The summed E-state index contributed by atoms with van der Waals surface area (Å²) in [6.45, 7) is 2.13. The van der Waals surface area contributed by atoms with Crippen LogP contribution in [0.1, 0.15) is 21.5 Å². The van der Waals surface area contributed by atoms with Crippen LogP contribution in [0, 0.1) is 6.92 Å². The summed E-state index contributed by atoms with van der Waals surface area (Å²) in [5.41, 5.74) is 2.49. The summed E-state index contributed by atoms with van der Waals surface area (Å²) in [6, 6.07) is 20.4. The monoisotopic (exact) mass is 410 g/mol. The van der Waals surface area contributed by atoms with E-state index in [4.69, 9.17) is 4.74 Å². The van der Waals surface area contributed by atoms with Crippen LogP contribution in [-0.2, 0) is 16.6 Å². The fourth-order valence-electron chi connectivity index (χ4n) is 2.75. The van der Waals surface area contributed by atoms with Crippen molar-refractivity contribution in [2.75, 3.05) is 11.8 Å². The van der Waals surface area contributed by atoms with Crippen LogP contribution in [0.25, 0.3) is 0 Å². The number of rotatable bonds is 7. The SMILES string of the molecule is COc1ccc(CNC(=O)c2ccc(NS(=O)(=O)c3ccccc3)c(C)c2)cc1. The molecular weight excluding hydrogens is 388 g/mol. The number of hydrogen-bond donors (Lipinski definition) is 2. The lowest BCUT2D eigenvalue weighted by atomic mass is 10.1. The highest BCUT2D eigenvalue weighted by molar-refractivity contribution is 7.92. The number of anilines is 1. The van der Waals surface area contributed by atoms with Gasteiger partial charge in [0.05, 0.1) is 17.7 Å². The number of methoxy groups -OCH3 is 1. The Hall–Kier alpha value is -3.32. The van der Waals surface area contributed by atoms with Gasteiger partial charge in [-0.1, -0.05) is 30.3 Å². The van der Waals surface area contributed by atoms with E-state index in [1.807, 2.05) is 24.3 Å². The minimum atomic E-state index is -3.68. The van der Waals surface area contributed by atoms with Gasteiger partial charge in [0.15, 0.2) is 0 Å². The second kappa shape index (κ2) is 8.79. The van der Waals surface area contributed by atoms with E-state index in [0.29, 0.717) is 23.4 Å². The van der Waals surface area contributed by atoms with Gasteiger partial charge in [-0.2, -0.15) is 0 Å². The minimum Gasteiger partial charge on any atom is -0.497 e. The third kappa shape index (κ3) is 5.14. The minimum absolute atomic E-state index is 0.181. The number of aryl methyl sites for hydroxylation is 1. The fraction of sp³-hybridized carbons (Fsp3) is 0.136. The predicted octanol–water partition coefficient (Wildman–Crippen LogP) is 3.73. The molecule has 0 saturated heterocycles. The second-order valence-corrected chi connectivity index (χ2v) is 8.16. The average molecular weight is 410 g/mol. The molecule has 0 saturated carbocycles. The Balaban J connectivity index is 1.67. The van der Waals surface area contributed by atoms with Gasteiger partial charge >= 0.3 is 0 Å². The Morgan fingerprint density at radius 1 is 0.966 bits per heavy atom. The van der Waals surface area contributed by atoms with Crippen molar-refractivity contribution in [3.63, 3.8) is 0 Å². The number of hydrogen-bond acceptors (Lipinski definition) is 4. The van der Waals surface area contributed by atoms with Crippen LogP contribution in [0.5, 0.6) is 5.75 Å². The van der Waals surface area contributed by atoms with Gasteiger partial charge in [-0.15, -0.1) is 0 Å². The Labute approximate surface area is 170 Å². The zero-order valence-corrected chi connectivity index (χ0v) is 17.0. The van der Waals surface area contributed by atoms with Crippen molar-refractivity contribution in [3.05, 3.63) is 89.5 Å². The molecule has 0 bridgehead atoms. The molecule has 0 atom stereocenters. The average Bonchev–Trinajstić information content (AvgIpc) is 2.74. The summed E-state index contributed by atoms with van der Waals surface area (Å²) < 4.78 is 32.6. The fourth-order valence-corrected chi connectivity index (χ4v) is 3.90. The standard InChI is InChI=1S/C22H22N2O4S/c1-16-14-18(22(25)23-15-17-8-11-19(28-2)12-9-17)10-13-21(16)24-29(26,27)20-6-4-3-5-7-20/h3-14,24H,15H2,1-2H3,(H,23,25). The van der Waals surface area contributed by atoms with Gasteiger partial charge in [0.2, 0.25) is 0 Å². The number of sulfonamides is 1. The summed E-state index contributed by atoms with van der Waals surface area (Å²) >= 11 is 0. The van der Waals surface area contributed by atoms with E-state index in [-0.39, 0.29) is 10.8 Å². The molecule has 2 N–H and O–H groups in total. The highest BCUT2D eigenvalue weighted by Crippen LogP contribution is 2.21. The molecule has 0 radical (unpaired) electrons. The number of benzene rings is 3. The van der Waals surface area contributed by atoms with Crippen LogP contribution >= 0.6 is 0 Å². The van der Waals surface area contributed by atoms with Crippen LogP contribution < -0.4 is 14.8 Å². The maximum atomic E-state index is 12.5. The molecule has 1 amide bonds. The summed E-state index contributed by atoms with van der Waals surface area (Å²) in [5.74, 6) is 0.519. The van der Waals surface area contributed by atoms with Gasteiger partial charge in [-0.3, -0.25) is 9.52 Å². The molecule has 3 rings (SSSR count). The molecule has 0 aliphatic carbocycles. The number of amides is 1. The number of carbonyl (C=O) groups excluding carboxylic acids is 1. The lowest BCUT2D eigenvalue weighted by Gasteiger charge is -2.12. The van der Waals surface area contributed by atoms with E-state index in [1.54, 1.807) is 50.4 Å². The smallest absolute Gasteiger partial charge is 0.261 e. The highest BCUT2D eigenvalue weighted by atomic mass is 32.2. The first-order valence-corrected chi connectivity index (χ1v) is 10.5. The summed E-state index contributed by atoms with van der Waals surface area (Å²) in [7, 11) is -2.08. The summed E-state index contributed by atoms with van der Waals surface area (Å²) in [5, 5.41) is 2.86. The lowest BCUT2D eigenvalue weighted by molar-refractivity contribution is 0.0951. The summed E-state index contributed by atoms with van der Waals surface area (Å²) in [6.07, 6.45) is 0.